The van der Waals surface area contributed by atoms with Gasteiger partial charge in [-0.15, -0.1) is 0 Å². The van der Waals surface area contributed by atoms with Crippen molar-refractivity contribution in [1.82, 2.24) is 0 Å². The maximum absolute atomic E-state index is 13.2. The van der Waals surface area contributed by atoms with E-state index < -0.39 is 21.7 Å². The second-order valence-corrected chi connectivity index (χ2v) is 7.79. The van der Waals surface area contributed by atoms with E-state index in [0.29, 0.717) is 24.3 Å². The zero-order valence-corrected chi connectivity index (χ0v) is 14.1. The molecule has 1 saturated heterocycles. The summed E-state index contributed by atoms with van der Waals surface area (Å²) in [4.78, 5) is 12.1. The fourth-order valence-electron chi connectivity index (χ4n) is 2.53. The van der Waals surface area contributed by atoms with Crippen molar-refractivity contribution in [3.8, 4) is 0 Å². The highest BCUT2D eigenvalue weighted by Crippen LogP contribution is 2.33. The van der Waals surface area contributed by atoms with Crippen molar-refractivity contribution in [3.05, 3.63) is 58.9 Å². The van der Waals surface area contributed by atoms with Crippen molar-refractivity contribution in [2.24, 2.45) is 0 Å². The van der Waals surface area contributed by atoms with Crippen LogP contribution in [0, 0.1) is 5.82 Å². The standard InChI is InChI=1S/C16H14ClFN2O3S/c17-14-10-13(19-16(21)11-3-1-4-12(18)9-11)5-6-15(14)20-7-2-8-24(20,22)23/h1,3-6,9-10H,2,7-8H2,(H,19,21). The van der Waals surface area contributed by atoms with Crippen molar-refractivity contribution in [2.45, 2.75) is 6.42 Å². The third-order valence-corrected chi connectivity index (χ3v) is 5.82. The van der Waals surface area contributed by atoms with Gasteiger partial charge in [0.05, 0.1) is 16.5 Å². The lowest BCUT2D eigenvalue weighted by Crippen LogP contribution is -2.25. The van der Waals surface area contributed by atoms with Crippen LogP contribution in [0.4, 0.5) is 15.8 Å². The molecule has 0 spiro atoms. The summed E-state index contributed by atoms with van der Waals surface area (Å²) in [5.41, 5.74) is 0.963. The number of sulfonamides is 1. The number of carbonyl (C=O) groups excluding carboxylic acids is 1. The van der Waals surface area contributed by atoms with E-state index >= 15 is 0 Å². The van der Waals surface area contributed by atoms with Gasteiger partial charge >= 0.3 is 0 Å². The van der Waals surface area contributed by atoms with Crippen molar-refractivity contribution in [1.29, 1.82) is 0 Å². The Morgan fingerprint density at radius 1 is 1.21 bits per heavy atom. The molecule has 0 unspecified atom stereocenters. The molecular weight excluding hydrogens is 355 g/mol. The Kier molecular flexibility index (Phi) is 4.47. The normalized spacial score (nSPS) is 16.2. The minimum atomic E-state index is -3.33. The first-order chi connectivity index (χ1) is 11.4. The van der Waals surface area contributed by atoms with Crippen molar-refractivity contribution < 1.29 is 17.6 Å². The molecule has 2 aromatic rings. The number of anilines is 2. The first-order valence-electron chi connectivity index (χ1n) is 7.24. The lowest BCUT2D eigenvalue weighted by Gasteiger charge is -2.19. The average molecular weight is 369 g/mol. The predicted octanol–water partition coefficient (Wildman–Crippen LogP) is 3.27. The summed E-state index contributed by atoms with van der Waals surface area (Å²) in [7, 11) is -3.33. The molecule has 1 heterocycles. The van der Waals surface area contributed by atoms with Gasteiger partial charge in [0.1, 0.15) is 5.82 Å². The number of halogens is 2. The number of nitrogens with one attached hydrogen (secondary N) is 1. The van der Waals surface area contributed by atoms with Gasteiger partial charge in [-0.1, -0.05) is 17.7 Å². The third kappa shape index (κ3) is 3.37. The van der Waals surface area contributed by atoms with Gasteiger partial charge in [-0.3, -0.25) is 9.10 Å². The van der Waals surface area contributed by atoms with Crippen LogP contribution in [0.2, 0.25) is 5.02 Å². The number of benzene rings is 2. The molecule has 1 aliphatic heterocycles. The van der Waals surface area contributed by atoms with E-state index in [1.807, 2.05) is 0 Å². The van der Waals surface area contributed by atoms with Crippen LogP contribution in [0.15, 0.2) is 42.5 Å². The van der Waals surface area contributed by atoms with Gasteiger partial charge < -0.3 is 5.32 Å². The number of amides is 1. The molecule has 1 aliphatic rings. The summed E-state index contributed by atoms with van der Waals surface area (Å²) in [5, 5.41) is 2.83. The molecule has 1 fully saturated rings. The first kappa shape index (κ1) is 16.7. The predicted molar refractivity (Wildman–Crippen MR) is 91.6 cm³/mol. The zero-order chi connectivity index (χ0) is 17.3. The molecule has 2 aromatic carbocycles. The Balaban J connectivity index is 1.81. The van der Waals surface area contributed by atoms with E-state index in [0.717, 1.165) is 6.07 Å². The molecule has 1 amide bonds. The van der Waals surface area contributed by atoms with Crippen LogP contribution in [0.1, 0.15) is 16.8 Å². The molecular formula is C16H14ClFN2O3S. The number of hydrogen-bond donors (Lipinski definition) is 1. The van der Waals surface area contributed by atoms with Crippen LogP contribution in [-0.2, 0) is 10.0 Å². The van der Waals surface area contributed by atoms with E-state index in [9.17, 15) is 17.6 Å². The van der Waals surface area contributed by atoms with Gasteiger partial charge in [0.2, 0.25) is 10.0 Å². The SMILES string of the molecule is O=C(Nc1ccc(N2CCCS2(=O)=O)c(Cl)c1)c1cccc(F)c1. The molecule has 0 aliphatic carbocycles. The van der Waals surface area contributed by atoms with E-state index in [2.05, 4.69) is 5.32 Å². The summed E-state index contributed by atoms with van der Waals surface area (Å²) in [5.74, 6) is -0.885. The molecule has 24 heavy (non-hydrogen) atoms. The van der Waals surface area contributed by atoms with E-state index in [1.165, 1.54) is 28.6 Å². The lowest BCUT2D eigenvalue weighted by atomic mass is 10.2. The summed E-state index contributed by atoms with van der Waals surface area (Å²) in [6.07, 6.45) is 0.552. The first-order valence-corrected chi connectivity index (χ1v) is 9.22. The molecule has 3 rings (SSSR count). The smallest absolute Gasteiger partial charge is 0.255 e. The Bertz CT molecular complexity index is 902. The number of hydrogen-bond acceptors (Lipinski definition) is 3. The van der Waals surface area contributed by atoms with Gasteiger partial charge in [-0.25, -0.2) is 12.8 Å². The van der Waals surface area contributed by atoms with Crippen molar-refractivity contribution in [2.75, 3.05) is 21.9 Å². The fraction of sp³-hybridized carbons (Fsp3) is 0.188. The molecule has 0 saturated carbocycles. The number of nitrogens with zero attached hydrogens (tertiary/aromatic N) is 1. The highest BCUT2D eigenvalue weighted by atomic mass is 35.5. The Labute approximate surface area is 144 Å². The maximum Gasteiger partial charge on any atom is 0.255 e. The second-order valence-electron chi connectivity index (χ2n) is 5.37. The quantitative estimate of drug-likeness (QED) is 0.904. The molecule has 0 atom stereocenters. The molecule has 5 nitrogen and oxygen atoms in total. The van der Waals surface area contributed by atoms with Crippen LogP contribution < -0.4 is 9.62 Å². The van der Waals surface area contributed by atoms with Crippen LogP contribution >= 0.6 is 11.6 Å². The summed E-state index contributed by atoms with van der Waals surface area (Å²) < 4.78 is 38.3. The van der Waals surface area contributed by atoms with Crippen molar-refractivity contribution >= 4 is 38.9 Å². The largest absolute Gasteiger partial charge is 0.322 e. The van der Waals surface area contributed by atoms with Gasteiger partial charge in [0, 0.05) is 17.8 Å². The van der Waals surface area contributed by atoms with Gasteiger partial charge in [-0.05, 0) is 42.8 Å². The minimum Gasteiger partial charge on any atom is -0.322 e. The highest BCUT2D eigenvalue weighted by molar-refractivity contribution is 7.93. The van der Waals surface area contributed by atoms with Gasteiger partial charge in [0.15, 0.2) is 0 Å². The van der Waals surface area contributed by atoms with Crippen LogP contribution in [0.25, 0.3) is 0 Å². The zero-order valence-electron chi connectivity index (χ0n) is 12.5. The molecule has 0 radical (unpaired) electrons. The average Bonchev–Trinajstić information content (AvgIpc) is 2.87. The van der Waals surface area contributed by atoms with Gasteiger partial charge in [-0.2, -0.15) is 0 Å². The summed E-state index contributed by atoms with van der Waals surface area (Å²) in [6.45, 7) is 0.386. The minimum absolute atomic E-state index is 0.0986. The highest BCUT2D eigenvalue weighted by Gasteiger charge is 2.29. The Morgan fingerprint density at radius 2 is 2.00 bits per heavy atom. The topological polar surface area (TPSA) is 66.5 Å². The van der Waals surface area contributed by atoms with Crippen LogP contribution in [0.5, 0.6) is 0 Å². The van der Waals surface area contributed by atoms with Crippen LogP contribution in [0.3, 0.4) is 0 Å². The van der Waals surface area contributed by atoms with E-state index in [4.69, 9.17) is 11.6 Å². The summed E-state index contributed by atoms with van der Waals surface area (Å²) >= 11 is 6.17. The number of carbonyl (C=O) groups is 1. The Hall–Kier alpha value is -2.12. The van der Waals surface area contributed by atoms with Crippen LogP contribution in [-0.4, -0.2) is 26.6 Å². The maximum atomic E-state index is 13.2. The third-order valence-electron chi connectivity index (χ3n) is 3.66. The van der Waals surface area contributed by atoms with E-state index in [-0.39, 0.29) is 16.3 Å². The molecule has 0 bridgehead atoms. The summed E-state index contributed by atoms with van der Waals surface area (Å²) in [6, 6.07) is 9.89. The Morgan fingerprint density at radius 3 is 2.62 bits per heavy atom. The van der Waals surface area contributed by atoms with Gasteiger partial charge in [0.25, 0.3) is 5.91 Å². The lowest BCUT2D eigenvalue weighted by molar-refractivity contribution is 0.102. The van der Waals surface area contributed by atoms with Crippen molar-refractivity contribution in [3.63, 3.8) is 0 Å². The molecule has 1 N–H and O–H groups in total. The molecule has 126 valence electrons. The van der Waals surface area contributed by atoms with E-state index in [1.54, 1.807) is 12.1 Å². The monoisotopic (exact) mass is 368 g/mol. The second kappa shape index (κ2) is 6.41. The fourth-order valence-corrected chi connectivity index (χ4v) is 4.44. The molecule has 8 heteroatoms. The molecule has 0 aromatic heterocycles. The number of rotatable bonds is 3.